The zero-order valence-electron chi connectivity index (χ0n) is 13.6. The molecule has 5 nitrogen and oxygen atoms in total. The van der Waals surface area contributed by atoms with Gasteiger partial charge < -0.3 is 5.32 Å². The number of nitrogens with zero attached hydrogens (tertiary/aromatic N) is 1. The Morgan fingerprint density at radius 1 is 1.09 bits per heavy atom. The zero-order chi connectivity index (χ0) is 16.7. The first-order valence-corrected chi connectivity index (χ1v) is 8.32. The van der Waals surface area contributed by atoms with Crippen LogP contribution in [0.5, 0.6) is 0 Å². The summed E-state index contributed by atoms with van der Waals surface area (Å²) in [6.07, 6.45) is 4.39. The molecule has 0 aliphatic carbocycles. The number of likely N-dealkylation sites (tertiary alicyclic amines) is 1. The van der Waals surface area contributed by atoms with Crippen molar-refractivity contribution in [2.75, 3.05) is 11.9 Å². The smallest absolute Gasteiger partial charge is 0.229 e. The third-order valence-corrected chi connectivity index (χ3v) is 4.11. The van der Waals surface area contributed by atoms with E-state index in [0.29, 0.717) is 25.8 Å². The summed E-state index contributed by atoms with van der Waals surface area (Å²) in [5, 5.41) is 2.95. The third-order valence-electron chi connectivity index (χ3n) is 4.11. The Bertz CT molecular complexity index is 567. The van der Waals surface area contributed by atoms with Crippen LogP contribution in [0, 0.1) is 0 Å². The molecule has 0 spiro atoms. The van der Waals surface area contributed by atoms with Crippen LogP contribution in [0.4, 0.5) is 5.69 Å². The molecule has 1 aliphatic heterocycles. The number of hydrogen-bond acceptors (Lipinski definition) is 3. The summed E-state index contributed by atoms with van der Waals surface area (Å²) in [6, 6.07) is 7.81. The van der Waals surface area contributed by atoms with E-state index in [1.807, 2.05) is 24.3 Å². The van der Waals surface area contributed by atoms with E-state index < -0.39 is 0 Å². The molecule has 2 rings (SSSR count). The van der Waals surface area contributed by atoms with Crippen molar-refractivity contribution in [1.29, 1.82) is 0 Å². The van der Waals surface area contributed by atoms with Crippen LogP contribution in [0.2, 0.25) is 0 Å². The Morgan fingerprint density at radius 3 is 2.48 bits per heavy atom. The Kier molecular flexibility index (Phi) is 6.32. The van der Waals surface area contributed by atoms with Gasteiger partial charge in [-0.3, -0.25) is 19.3 Å². The number of unbranched alkanes of at least 4 members (excludes halogenated alkanes) is 2. The monoisotopic (exact) mass is 316 g/mol. The molecule has 1 heterocycles. The van der Waals surface area contributed by atoms with Gasteiger partial charge in [-0.15, -0.1) is 0 Å². The second-order valence-corrected chi connectivity index (χ2v) is 5.81. The first-order chi connectivity index (χ1) is 11.1. The van der Waals surface area contributed by atoms with Gasteiger partial charge in [0.05, 0.1) is 0 Å². The van der Waals surface area contributed by atoms with Crippen LogP contribution in [-0.2, 0) is 20.8 Å². The summed E-state index contributed by atoms with van der Waals surface area (Å²) in [5.74, 6) is -0.118. The van der Waals surface area contributed by atoms with Crippen molar-refractivity contribution in [3.05, 3.63) is 29.8 Å². The van der Waals surface area contributed by atoms with E-state index in [9.17, 15) is 14.4 Å². The minimum absolute atomic E-state index is 0.0132. The van der Waals surface area contributed by atoms with Crippen molar-refractivity contribution in [2.45, 2.75) is 51.9 Å². The predicted molar refractivity (Wildman–Crippen MR) is 88.9 cm³/mol. The second-order valence-electron chi connectivity index (χ2n) is 5.81. The lowest BCUT2D eigenvalue weighted by atomic mass is 10.1. The number of benzene rings is 1. The average Bonchev–Trinajstić information content (AvgIpc) is 2.86. The largest absolute Gasteiger partial charge is 0.326 e. The lowest BCUT2D eigenvalue weighted by Crippen LogP contribution is -2.29. The lowest BCUT2D eigenvalue weighted by Gasteiger charge is -2.13. The molecule has 1 N–H and O–H groups in total. The van der Waals surface area contributed by atoms with Crippen LogP contribution in [0.3, 0.4) is 0 Å². The molecule has 23 heavy (non-hydrogen) atoms. The minimum atomic E-state index is -0.0658. The average molecular weight is 316 g/mol. The van der Waals surface area contributed by atoms with Gasteiger partial charge in [-0.05, 0) is 30.9 Å². The fraction of sp³-hybridized carbons (Fsp3) is 0.500. The number of nitrogens with one attached hydrogen (secondary N) is 1. The first kappa shape index (κ1) is 17.2. The fourth-order valence-corrected chi connectivity index (χ4v) is 2.77. The number of amides is 3. The highest BCUT2D eigenvalue weighted by molar-refractivity contribution is 6.01. The van der Waals surface area contributed by atoms with E-state index in [1.165, 1.54) is 4.90 Å². The van der Waals surface area contributed by atoms with Gasteiger partial charge in [0.15, 0.2) is 0 Å². The van der Waals surface area contributed by atoms with Crippen LogP contribution in [0.1, 0.15) is 51.0 Å². The van der Waals surface area contributed by atoms with E-state index >= 15 is 0 Å². The number of carbonyl (C=O) groups excluding carboxylic acids is 3. The molecule has 124 valence electrons. The maximum absolute atomic E-state index is 12.0. The van der Waals surface area contributed by atoms with Gasteiger partial charge in [-0.1, -0.05) is 31.5 Å². The fourth-order valence-electron chi connectivity index (χ4n) is 2.77. The van der Waals surface area contributed by atoms with Crippen molar-refractivity contribution in [3.63, 3.8) is 0 Å². The van der Waals surface area contributed by atoms with Gasteiger partial charge in [0.25, 0.3) is 0 Å². The molecular formula is C18H24N2O3. The molecule has 0 atom stereocenters. The number of para-hydroxylation sites is 1. The Labute approximate surface area is 137 Å². The highest BCUT2D eigenvalue weighted by Crippen LogP contribution is 2.16. The van der Waals surface area contributed by atoms with E-state index in [-0.39, 0.29) is 17.7 Å². The number of aryl methyl sites for hydroxylation is 1. The third kappa shape index (κ3) is 4.91. The SMILES string of the molecule is CCc1ccccc1NC(=O)CCCCCN1C(=O)CCC1=O. The summed E-state index contributed by atoms with van der Waals surface area (Å²) in [5.41, 5.74) is 2.01. The molecule has 1 aromatic rings. The van der Waals surface area contributed by atoms with Crippen molar-refractivity contribution >= 4 is 23.4 Å². The Hall–Kier alpha value is -2.17. The normalized spacial score (nSPS) is 14.4. The van der Waals surface area contributed by atoms with Crippen LogP contribution in [-0.4, -0.2) is 29.2 Å². The van der Waals surface area contributed by atoms with Crippen molar-refractivity contribution in [3.8, 4) is 0 Å². The van der Waals surface area contributed by atoms with Crippen LogP contribution in [0.25, 0.3) is 0 Å². The van der Waals surface area contributed by atoms with Crippen molar-refractivity contribution in [1.82, 2.24) is 4.90 Å². The lowest BCUT2D eigenvalue weighted by molar-refractivity contribution is -0.138. The summed E-state index contributed by atoms with van der Waals surface area (Å²) in [4.78, 5) is 36.2. The van der Waals surface area contributed by atoms with Crippen LogP contribution >= 0.6 is 0 Å². The molecule has 0 radical (unpaired) electrons. The standard InChI is InChI=1S/C18H24N2O3/c1-2-14-8-5-6-9-15(14)19-16(21)10-4-3-7-13-20-17(22)11-12-18(20)23/h5-6,8-9H,2-4,7,10-13H2,1H3,(H,19,21). The van der Waals surface area contributed by atoms with E-state index in [2.05, 4.69) is 12.2 Å². The summed E-state index contributed by atoms with van der Waals surface area (Å²) in [6.45, 7) is 2.55. The number of hydrogen-bond donors (Lipinski definition) is 1. The highest BCUT2D eigenvalue weighted by Gasteiger charge is 2.27. The van der Waals surface area contributed by atoms with E-state index in [1.54, 1.807) is 0 Å². The molecule has 0 saturated carbocycles. The first-order valence-electron chi connectivity index (χ1n) is 8.32. The van der Waals surface area contributed by atoms with Crippen molar-refractivity contribution < 1.29 is 14.4 Å². The quantitative estimate of drug-likeness (QED) is 0.592. The minimum Gasteiger partial charge on any atom is -0.326 e. The number of anilines is 1. The number of rotatable bonds is 8. The highest BCUT2D eigenvalue weighted by atomic mass is 16.2. The van der Waals surface area contributed by atoms with Gasteiger partial charge in [0.2, 0.25) is 17.7 Å². The topological polar surface area (TPSA) is 66.5 Å². The molecular weight excluding hydrogens is 292 g/mol. The maximum Gasteiger partial charge on any atom is 0.229 e. The summed E-state index contributed by atoms with van der Waals surface area (Å²) in [7, 11) is 0. The Morgan fingerprint density at radius 2 is 1.78 bits per heavy atom. The predicted octanol–water partition coefficient (Wildman–Crippen LogP) is 2.90. The van der Waals surface area contributed by atoms with Crippen molar-refractivity contribution in [2.24, 2.45) is 0 Å². The molecule has 1 aromatic carbocycles. The molecule has 1 saturated heterocycles. The molecule has 1 aliphatic rings. The zero-order valence-corrected chi connectivity index (χ0v) is 13.6. The van der Waals surface area contributed by atoms with E-state index in [4.69, 9.17) is 0 Å². The van der Waals surface area contributed by atoms with Gasteiger partial charge >= 0.3 is 0 Å². The van der Waals surface area contributed by atoms with Gasteiger partial charge in [0.1, 0.15) is 0 Å². The van der Waals surface area contributed by atoms with Gasteiger partial charge in [0, 0.05) is 31.5 Å². The Balaban J connectivity index is 1.65. The summed E-state index contributed by atoms with van der Waals surface area (Å²) >= 11 is 0. The molecule has 0 bridgehead atoms. The molecule has 3 amide bonds. The number of carbonyl (C=O) groups is 3. The number of imide groups is 1. The van der Waals surface area contributed by atoms with Crippen LogP contribution in [0.15, 0.2) is 24.3 Å². The second kappa shape index (κ2) is 8.46. The van der Waals surface area contributed by atoms with Gasteiger partial charge in [-0.2, -0.15) is 0 Å². The molecule has 1 fully saturated rings. The molecule has 5 heteroatoms. The molecule has 0 unspecified atom stereocenters. The molecule has 0 aromatic heterocycles. The summed E-state index contributed by atoms with van der Waals surface area (Å²) < 4.78 is 0. The van der Waals surface area contributed by atoms with E-state index in [0.717, 1.165) is 36.9 Å². The maximum atomic E-state index is 12.0. The van der Waals surface area contributed by atoms with Crippen LogP contribution < -0.4 is 5.32 Å². The van der Waals surface area contributed by atoms with Gasteiger partial charge in [-0.25, -0.2) is 0 Å².